The average molecular weight is 332 g/mol. The van der Waals surface area contributed by atoms with Crippen LogP contribution in [0.25, 0.3) is 0 Å². The Balaban J connectivity index is 1.53. The molecule has 2 heterocycles. The molecule has 0 unspecified atom stereocenters. The highest BCUT2D eigenvalue weighted by molar-refractivity contribution is 5.96. The number of rotatable bonds is 5. The van der Waals surface area contributed by atoms with Gasteiger partial charge in [0.25, 0.3) is 0 Å². The molecule has 3 aliphatic rings. The monoisotopic (exact) mass is 331 g/mol. The van der Waals surface area contributed by atoms with Gasteiger partial charge in [0.15, 0.2) is 0 Å². The van der Waals surface area contributed by atoms with Crippen LogP contribution >= 0.6 is 0 Å². The summed E-state index contributed by atoms with van der Waals surface area (Å²) in [6, 6.07) is 0. The van der Waals surface area contributed by atoms with Crippen molar-refractivity contribution in [3.05, 3.63) is 11.8 Å². The van der Waals surface area contributed by atoms with Gasteiger partial charge in [-0.2, -0.15) is 0 Å². The van der Waals surface area contributed by atoms with Crippen molar-refractivity contribution in [2.24, 2.45) is 10.4 Å². The number of allylic oxidation sites excluding steroid dienone is 2. The zero-order chi connectivity index (χ0) is 16.8. The van der Waals surface area contributed by atoms with Gasteiger partial charge in [-0.1, -0.05) is 20.3 Å². The predicted octanol–water partition coefficient (Wildman–Crippen LogP) is 4.49. The normalized spacial score (nSPS) is 27.3. The second kappa shape index (κ2) is 8.51. The summed E-state index contributed by atoms with van der Waals surface area (Å²) >= 11 is 0. The maximum atomic E-state index is 5.00. The van der Waals surface area contributed by atoms with Crippen LogP contribution in [0.4, 0.5) is 0 Å². The van der Waals surface area contributed by atoms with Gasteiger partial charge in [-0.3, -0.25) is 4.99 Å². The maximum absolute atomic E-state index is 5.00. The molecule has 2 aliphatic heterocycles. The van der Waals surface area contributed by atoms with Gasteiger partial charge in [-0.25, -0.2) is 0 Å². The summed E-state index contributed by atoms with van der Waals surface area (Å²) in [4.78, 5) is 10.3. The lowest BCUT2D eigenvalue weighted by atomic mass is 9.78. The Bertz CT molecular complexity index is 452. The fourth-order valence-electron chi connectivity index (χ4n) is 4.52. The minimum atomic E-state index is 0.368. The van der Waals surface area contributed by atoms with Crippen molar-refractivity contribution >= 4 is 5.71 Å². The molecule has 0 N–H and O–H groups in total. The van der Waals surface area contributed by atoms with Gasteiger partial charge >= 0.3 is 0 Å². The molecule has 2 saturated heterocycles. The summed E-state index contributed by atoms with van der Waals surface area (Å²) in [5.74, 6) is 0. The van der Waals surface area contributed by atoms with Crippen LogP contribution in [0.3, 0.4) is 0 Å². The molecule has 0 atom stereocenters. The van der Waals surface area contributed by atoms with E-state index in [0.717, 1.165) is 13.0 Å². The van der Waals surface area contributed by atoms with Crippen molar-refractivity contribution in [1.82, 2.24) is 9.80 Å². The molecule has 136 valence electrons. The molecule has 0 spiro atoms. The molecule has 1 aliphatic carbocycles. The Kier molecular flexibility index (Phi) is 6.37. The molecule has 3 nitrogen and oxygen atoms in total. The minimum Gasteiger partial charge on any atom is -0.375 e. The van der Waals surface area contributed by atoms with Crippen LogP contribution < -0.4 is 0 Å². The topological polar surface area (TPSA) is 18.8 Å². The lowest BCUT2D eigenvalue weighted by molar-refractivity contribution is 0.227. The molecule has 24 heavy (non-hydrogen) atoms. The van der Waals surface area contributed by atoms with Crippen LogP contribution in [0.15, 0.2) is 16.8 Å². The van der Waals surface area contributed by atoms with Gasteiger partial charge < -0.3 is 9.80 Å². The minimum absolute atomic E-state index is 0.368. The first-order chi connectivity index (χ1) is 11.6. The molecule has 3 heteroatoms. The maximum Gasteiger partial charge on any atom is 0.0404 e. The van der Waals surface area contributed by atoms with E-state index in [-0.39, 0.29) is 0 Å². The molecule has 3 rings (SSSR count). The van der Waals surface area contributed by atoms with E-state index >= 15 is 0 Å². The van der Waals surface area contributed by atoms with Gasteiger partial charge in [-0.05, 0) is 82.5 Å². The Morgan fingerprint density at radius 3 is 2.29 bits per heavy atom. The Hall–Kier alpha value is -0.830. The SMILES string of the molecule is CC1(C)CC(N2CCCCC2)=CC(=NCCCN2CCCCC2)C1. The first-order valence-electron chi connectivity index (χ1n) is 10.3. The Morgan fingerprint density at radius 2 is 1.58 bits per heavy atom. The molecular formula is C21H37N3. The van der Waals surface area contributed by atoms with Crippen LogP contribution in [0, 0.1) is 5.41 Å². The van der Waals surface area contributed by atoms with Crippen molar-refractivity contribution in [3.8, 4) is 0 Å². The number of aliphatic imine (C=N–C) groups is 1. The van der Waals surface area contributed by atoms with Crippen molar-refractivity contribution in [3.63, 3.8) is 0 Å². The second-order valence-corrected chi connectivity index (χ2v) is 8.83. The van der Waals surface area contributed by atoms with Crippen molar-refractivity contribution < 1.29 is 0 Å². The van der Waals surface area contributed by atoms with Crippen LogP contribution in [0.5, 0.6) is 0 Å². The molecule has 0 bridgehead atoms. The smallest absolute Gasteiger partial charge is 0.0404 e. The molecule has 0 saturated carbocycles. The van der Waals surface area contributed by atoms with Crippen molar-refractivity contribution in [2.75, 3.05) is 39.3 Å². The van der Waals surface area contributed by atoms with Crippen molar-refractivity contribution in [1.29, 1.82) is 0 Å². The molecule has 0 aromatic rings. The third-order valence-electron chi connectivity index (χ3n) is 5.81. The highest BCUT2D eigenvalue weighted by Gasteiger charge is 2.29. The van der Waals surface area contributed by atoms with Crippen LogP contribution in [-0.2, 0) is 0 Å². The summed E-state index contributed by atoms with van der Waals surface area (Å²) in [7, 11) is 0. The number of likely N-dealkylation sites (tertiary alicyclic amines) is 2. The molecule has 0 amide bonds. The molecule has 2 fully saturated rings. The Morgan fingerprint density at radius 1 is 0.917 bits per heavy atom. The van der Waals surface area contributed by atoms with Gasteiger partial charge in [0.2, 0.25) is 0 Å². The Labute approximate surface area is 149 Å². The van der Waals surface area contributed by atoms with Gasteiger partial charge in [0, 0.05) is 31.0 Å². The molecule has 0 aromatic heterocycles. The van der Waals surface area contributed by atoms with E-state index < -0.39 is 0 Å². The standard InChI is InChI=1S/C21H37N3/c1-21(2)17-19(16-20(18-21)24-14-7-4-8-15-24)22-10-9-13-23-11-5-3-6-12-23/h16H,3-15,17-18H2,1-2H3. The fraction of sp³-hybridized carbons (Fsp3) is 0.857. The third-order valence-corrected chi connectivity index (χ3v) is 5.81. The number of hydrogen-bond donors (Lipinski definition) is 0. The molecular weight excluding hydrogens is 294 g/mol. The first kappa shape index (κ1) is 18.0. The zero-order valence-electron chi connectivity index (χ0n) is 16.0. The van der Waals surface area contributed by atoms with Crippen LogP contribution in [0.2, 0.25) is 0 Å². The van der Waals surface area contributed by atoms with E-state index in [1.54, 1.807) is 5.70 Å². The van der Waals surface area contributed by atoms with E-state index in [1.807, 2.05) is 0 Å². The van der Waals surface area contributed by atoms with Crippen molar-refractivity contribution in [2.45, 2.75) is 71.6 Å². The highest BCUT2D eigenvalue weighted by Crippen LogP contribution is 2.36. The lowest BCUT2D eigenvalue weighted by Crippen LogP contribution is -2.35. The van der Waals surface area contributed by atoms with E-state index in [1.165, 1.54) is 89.8 Å². The molecule has 0 aromatic carbocycles. The number of hydrogen-bond acceptors (Lipinski definition) is 3. The van der Waals surface area contributed by atoms with Gasteiger partial charge in [0.05, 0.1) is 0 Å². The lowest BCUT2D eigenvalue weighted by Gasteiger charge is -2.38. The van der Waals surface area contributed by atoms with Gasteiger partial charge in [0.1, 0.15) is 0 Å². The van der Waals surface area contributed by atoms with E-state index in [2.05, 4.69) is 29.7 Å². The summed E-state index contributed by atoms with van der Waals surface area (Å²) in [6.45, 7) is 12.2. The highest BCUT2D eigenvalue weighted by atomic mass is 15.1. The summed E-state index contributed by atoms with van der Waals surface area (Å²) in [5.41, 5.74) is 3.28. The second-order valence-electron chi connectivity index (χ2n) is 8.83. The van der Waals surface area contributed by atoms with E-state index in [9.17, 15) is 0 Å². The van der Waals surface area contributed by atoms with E-state index in [4.69, 9.17) is 4.99 Å². The number of nitrogens with zero attached hydrogens (tertiary/aromatic N) is 3. The fourth-order valence-corrected chi connectivity index (χ4v) is 4.52. The summed E-state index contributed by atoms with van der Waals surface area (Å²) < 4.78 is 0. The summed E-state index contributed by atoms with van der Waals surface area (Å²) in [5, 5.41) is 0. The number of piperidine rings is 2. The third kappa shape index (κ3) is 5.34. The molecule has 0 radical (unpaired) electrons. The van der Waals surface area contributed by atoms with E-state index in [0.29, 0.717) is 5.41 Å². The summed E-state index contributed by atoms with van der Waals surface area (Å²) in [6.07, 6.45) is 14.4. The van der Waals surface area contributed by atoms with Gasteiger partial charge in [-0.15, -0.1) is 0 Å². The largest absolute Gasteiger partial charge is 0.375 e. The van der Waals surface area contributed by atoms with Crippen LogP contribution in [0.1, 0.15) is 71.6 Å². The first-order valence-corrected chi connectivity index (χ1v) is 10.3. The predicted molar refractivity (Wildman–Crippen MR) is 104 cm³/mol. The zero-order valence-corrected chi connectivity index (χ0v) is 16.0. The average Bonchev–Trinajstić information content (AvgIpc) is 2.59. The van der Waals surface area contributed by atoms with Crippen LogP contribution in [-0.4, -0.2) is 54.8 Å². The quantitative estimate of drug-likeness (QED) is 0.691.